The van der Waals surface area contributed by atoms with Gasteiger partial charge in [-0.15, -0.1) is 0 Å². The lowest BCUT2D eigenvalue weighted by molar-refractivity contribution is 0.191. The van der Waals surface area contributed by atoms with Crippen molar-refractivity contribution in [3.05, 3.63) is 12.2 Å². The molecule has 0 amide bonds. The molecule has 0 heterocycles. The minimum atomic E-state index is 0.849. The van der Waals surface area contributed by atoms with E-state index in [1.807, 2.05) is 0 Å². The third-order valence-electron chi connectivity index (χ3n) is 3.25. The van der Waals surface area contributed by atoms with Crippen molar-refractivity contribution in [1.29, 1.82) is 0 Å². The molecule has 12 heavy (non-hydrogen) atoms. The third kappa shape index (κ3) is 2.12. The van der Waals surface area contributed by atoms with Gasteiger partial charge in [0.15, 0.2) is 0 Å². The summed E-state index contributed by atoms with van der Waals surface area (Å²) in [4.78, 5) is 0. The molecule has 0 aromatic heterocycles. The number of hydrogen-bond donors (Lipinski definition) is 0. The van der Waals surface area contributed by atoms with E-state index in [2.05, 4.69) is 39.8 Å². The molecule has 1 aliphatic carbocycles. The molecular weight excluding hydrogens is 144 g/mol. The SMILES string of the molecule is CC(C)C1CC=CCC1C(C)C. The van der Waals surface area contributed by atoms with Crippen LogP contribution in [0.15, 0.2) is 12.2 Å². The molecule has 0 saturated heterocycles. The van der Waals surface area contributed by atoms with Gasteiger partial charge in [-0.05, 0) is 36.5 Å². The number of hydrogen-bond acceptors (Lipinski definition) is 0. The third-order valence-corrected chi connectivity index (χ3v) is 3.25. The van der Waals surface area contributed by atoms with Gasteiger partial charge in [-0.1, -0.05) is 39.8 Å². The first-order valence-electron chi connectivity index (χ1n) is 5.28. The first-order valence-corrected chi connectivity index (χ1v) is 5.28. The molecule has 0 fully saturated rings. The maximum atomic E-state index is 2.36. The summed E-state index contributed by atoms with van der Waals surface area (Å²) in [6.45, 7) is 9.44. The molecule has 0 radical (unpaired) electrons. The van der Waals surface area contributed by atoms with E-state index in [0.29, 0.717) is 0 Å². The van der Waals surface area contributed by atoms with Crippen molar-refractivity contribution < 1.29 is 0 Å². The second kappa shape index (κ2) is 4.11. The monoisotopic (exact) mass is 166 g/mol. The predicted octanol–water partition coefficient (Wildman–Crippen LogP) is 3.88. The fraction of sp³-hybridized carbons (Fsp3) is 0.833. The Bertz CT molecular complexity index is 135. The van der Waals surface area contributed by atoms with Gasteiger partial charge in [-0.25, -0.2) is 0 Å². The molecule has 0 heteroatoms. The van der Waals surface area contributed by atoms with Crippen molar-refractivity contribution in [1.82, 2.24) is 0 Å². The Kier molecular flexibility index (Phi) is 3.37. The highest BCUT2D eigenvalue weighted by Gasteiger charge is 2.26. The molecule has 0 spiro atoms. The second-order valence-electron chi connectivity index (χ2n) is 4.76. The van der Waals surface area contributed by atoms with Crippen molar-refractivity contribution in [2.75, 3.05) is 0 Å². The lowest BCUT2D eigenvalue weighted by Crippen LogP contribution is -2.25. The smallest absolute Gasteiger partial charge is 0.0317 e. The highest BCUT2D eigenvalue weighted by molar-refractivity contribution is 4.96. The van der Waals surface area contributed by atoms with Crippen LogP contribution in [0, 0.1) is 23.7 Å². The Balaban J connectivity index is 2.63. The summed E-state index contributed by atoms with van der Waals surface area (Å²) < 4.78 is 0. The van der Waals surface area contributed by atoms with Crippen LogP contribution < -0.4 is 0 Å². The first-order chi connectivity index (χ1) is 5.63. The summed E-state index contributed by atoms with van der Waals surface area (Å²) >= 11 is 0. The van der Waals surface area contributed by atoms with Gasteiger partial charge in [-0.3, -0.25) is 0 Å². The van der Waals surface area contributed by atoms with Gasteiger partial charge >= 0.3 is 0 Å². The molecule has 70 valence electrons. The Hall–Kier alpha value is -0.260. The zero-order chi connectivity index (χ0) is 9.14. The van der Waals surface area contributed by atoms with Crippen LogP contribution in [0.2, 0.25) is 0 Å². The van der Waals surface area contributed by atoms with Gasteiger partial charge in [0, 0.05) is 0 Å². The summed E-state index contributed by atoms with van der Waals surface area (Å²) in [6.07, 6.45) is 7.34. The van der Waals surface area contributed by atoms with Gasteiger partial charge < -0.3 is 0 Å². The quantitative estimate of drug-likeness (QED) is 0.546. The van der Waals surface area contributed by atoms with Crippen LogP contribution in [0.3, 0.4) is 0 Å². The van der Waals surface area contributed by atoms with Crippen LogP contribution in [0.25, 0.3) is 0 Å². The van der Waals surface area contributed by atoms with Crippen molar-refractivity contribution in [2.24, 2.45) is 23.7 Å². The molecule has 1 aliphatic rings. The van der Waals surface area contributed by atoms with E-state index in [1.165, 1.54) is 12.8 Å². The topological polar surface area (TPSA) is 0 Å². The van der Waals surface area contributed by atoms with Crippen molar-refractivity contribution in [3.63, 3.8) is 0 Å². The molecule has 0 nitrogen and oxygen atoms in total. The van der Waals surface area contributed by atoms with Crippen LogP contribution in [-0.2, 0) is 0 Å². The Morgan fingerprint density at radius 1 is 0.833 bits per heavy atom. The van der Waals surface area contributed by atoms with Gasteiger partial charge in [0.25, 0.3) is 0 Å². The lowest BCUT2D eigenvalue weighted by Gasteiger charge is -2.34. The van der Waals surface area contributed by atoms with Gasteiger partial charge in [-0.2, -0.15) is 0 Å². The maximum absolute atomic E-state index is 2.36. The largest absolute Gasteiger partial charge is 0.0882 e. The van der Waals surface area contributed by atoms with E-state index >= 15 is 0 Å². The molecule has 1 rings (SSSR count). The lowest BCUT2D eigenvalue weighted by atomic mass is 9.71. The molecule has 0 aliphatic heterocycles. The molecule has 0 aromatic carbocycles. The zero-order valence-electron chi connectivity index (χ0n) is 8.88. The van der Waals surface area contributed by atoms with Gasteiger partial charge in [0.1, 0.15) is 0 Å². The van der Waals surface area contributed by atoms with Crippen LogP contribution in [-0.4, -0.2) is 0 Å². The molecule has 0 saturated carbocycles. The molecule has 0 aromatic rings. The fourth-order valence-corrected chi connectivity index (χ4v) is 2.39. The molecule has 0 N–H and O–H groups in total. The van der Waals surface area contributed by atoms with Crippen LogP contribution in [0.5, 0.6) is 0 Å². The van der Waals surface area contributed by atoms with E-state index in [-0.39, 0.29) is 0 Å². The summed E-state index contributed by atoms with van der Waals surface area (Å²) in [5, 5.41) is 0. The highest BCUT2D eigenvalue weighted by atomic mass is 14.3. The minimum Gasteiger partial charge on any atom is -0.0882 e. The average molecular weight is 166 g/mol. The second-order valence-corrected chi connectivity index (χ2v) is 4.76. The Morgan fingerprint density at radius 3 is 1.42 bits per heavy atom. The molecular formula is C12H22. The number of allylic oxidation sites excluding steroid dienone is 2. The summed E-state index contributed by atoms with van der Waals surface area (Å²) in [5.74, 6) is 3.55. The summed E-state index contributed by atoms with van der Waals surface area (Å²) in [5.41, 5.74) is 0. The van der Waals surface area contributed by atoms with E-state index in [4.69, 9.17) is 0 Å². The Morgan fingerprint density at radius 2 is 1.17 bits per heavy atom. The van der Waals surface area contributed by atoms with E-state index < -0.39 is 0 Å². The molecule has 2 atom stereocenters. The number of rotatable bonds is 2. The van der Waals surface area contributed by atoms with Gasteiger partial charge in [0.2, 0.25) is 0 Å². The normalized spacial score (nSPS) is 30.2. The molecule has 2 unspecified atom stereocenters. The Labute approximate surface area is 77.1 Å². The summed E-state index contributed by atoms with van der Waals surface area (Å²) in [7, 11) is 0. The van der Waals surface area contributed by atoms with Crippen LogP contribution in [0.1, 0.15) is 40.5 Å². The van der Waals surface area contributed by atoms with Crippen LogP contribution in [0.4, 0.5) is 0 Å². The predicted molar refractivity (Wildman–Crippen MR) is 55.0 cm³/mol. The standard InChI is InChI=1S/C12H22/c1-9(2)11-7-5-6-8-12(11)10(3)4/h5-6,9-12H,7-8H2,1-4H3. The average Bonchev–Trinajstić information content (AvgIpc) is 2.04. The molecule has 0 bridgehead atoms. The maximum Gasteiger partial charge on any atom is -0.0317 e. The fourth-order valence-electron chi connectivity index (χ4n) is 2.39. The summed E-state index contributed by atoms with van der Waals surface area (Å²) in [6, 6.07) is 0. The van der Waals surface area contributed by atoms with E-state index in [1.54, 1.807) is 0 Å². The van der Waals surface area contributed by atoms with Crippen LogP contribution >= 0.6 is 0 Å². The minimum absolute atomic E-state index is 0.849. The zero-order valence-corrected chi connectivity index (χ0v) is 8.88. The van der Waals surface area contributed by atoms with Crippen molar-refractivity contribution in [2.45, 2.75) is 40.5 Å². The first kappa shape index (κ1) is 9.83. The van der Waals surface area contributed by atoms with Crippen molar-refractivity contribution in [3.8, 4) is 0 Å². The van der Waals surface area contributed by atoms with E-state index in [9.17, 15) is 0 Å². The van der Waals surface area contributed by atoms with E-state index in [0.717, 1.165) is 23.7 Å². The van der Waals surface area contributed by atoms with Gasteiger partial charge in [0.05, 0.1) is 0 Å². The van der Waals surface area contributed by atoms with Crippen molar-refractivity contribution >= 4 is 0 Å². The highest BCUT2D eigenvalue weighted by Crippen LogP contribution is 2.35.